The second-order valence-electron chi connectivity index (χ2n) is 16.1. The zero-order valence-electron chi connectivity index (χ0n) is 32.1. The van der Waals surface area contributed by atoms with Gasteiger partial charge >= 0.3 is 0 Å². The molecule has 56 heavy (non-hydrogen) atoms. The number of nitrogens with zero attached hydrogens (tertiary/aromatic N) is 1. The number of hydrogen-bond donors (Lipinski definition) is 1. The number of aryl methyl sites for hydroxylation is 1. The number of benzene rings is 6. The van der Waals surface area contributed by atoms with Crippen molar-refractivity contribution in [1.29, 1.82) is 0 Å². The fraction of sp³-hybridized carbons (Fsp3) is 0.148. The van der Waals surface area contributed by atoms with E-state index in [4.69, 9.17) is 0 Å². The molecule has 0 amide bonds. The van der Waals surface area contributed by atoms with Crippen molar-refractivity contribution < 1.29 is 0 Å². The van der Waals surface area contributed by atoms with Crippen LogP contribution in [0.25, 0.3) is 50.0 Å². The predicted molar refractivity (Wildman–Crippen MR) is 235 cm³/mol. The van der Waals surface area contributed by atoms with Gasteiger partial charge in [-0.05, 0) is 112 Å². The molecule has 4 unspecified atom stereocenters. The van der Waals surface area contributed by atoms with E-state index in [1.54, 1.807) is 0 Å². The molecular formula is C54H44N2. The number of fused-ring (bicyclic) bond motifs is 15. The summed E-state index contributed by atoms with van der Waals surface area (Å²) in [5.41, 5.74) is 20.8. The molecule has 4 atom stereocenters. The van der Waals surface area contributed by atoms with Crippen molar-refractivity contribution in [1.82, 2.24) is 4.57 Å². The van der Waals surface area contributed by atoms with Crippen LogP contribution in [0.4, 0.5) is 5.69 Å². The lowest BCUT2D eigenvalue weighted by Gasteiger charge is -2.36. The third-order valence-electron chi connectivity index (χ3n) is 13.2. The van der Waals surface area contributed by atoms with Gasteiger partial charge in [0.25, 0.3) is 0 Å². The van der Waals surface area contributed by atoms with Crippen molar-refractivity contribution in [2.24, 2.45) is 5.92 Å². The van der Waals surface area contributed by atoms with Crippen LogP contribution < -0.4 is 5.32 Å². The number of hydrogen-bond acceptors (Lipinski definition) is 1. The van der Waals surface area contributed by atoms with Crippen LogP contribution in [0.15, 0.2) is 182 Å². The molecule has 1 aromatic heterocycles. The highest BCUT2D eigenvalue weighted by Crippen LogP contribution is 2.65. The van der Waals surface area contributed by atoms with Crippen LogP contribution in [0.5, 0.6) is 0 Å². The van der Waals surface area contributed by atoms with Crippen molar-refractivity contribution in [2.45, 2.75) is 44.7 Å². The Morgan fingerprint density at radius 1 is 0.679 bits per heavy atom. The molecule has 2 heterocycles. The van der Waals surface area contributed by atoms with Crippen LogP contribution in [-0.4, -0.2) is 4.57 Å². The van der Waals surface area contributed by atoms with Gasteiger partial charge in [-0.2, -0.15) is 0 Å². The van der Waals surface area contributed by atoms with Gasteiger partial charge in [-0.25, -0.2) is 0 Å². The first-order valence-electron chi connectivity index (χ1n) is 20.2. The minimum atomic E-state index is -0.292. The Labute approximate surface area is 329 Å². The van der Waals surface area contributed by atoms with E-state index in [1.165, 1.54) is 94.6 Å². The SMILES string of the molecule is CC/C(=C\C=C(/C)C1Nc2ccccc2-c2cc3ccccc3n21)c1ccc2c(c1)C1(c3cc(-c4ccc(C)cc4)ccc3-2)c2ccccc2C2C=CC=CC21. The molecule has 3 aliphatic carbocycles. The Balaban J connectivity index is 1.05. The van der Waals surface area contributed by atoms with E-state index in [9.17, 15) is 0 Å². The molecule has 0 saturated heterocycles. The first kappa shape index (κ1) is 33.0. The molecule has 0 radical (unpaired) electrons. The van der Waals surface area contributed by atoms with Crippen molar-refractivity contribution >= 4 is 22.2 Å². The van der Waals surface area contributed by atoms with E-state index in [0.717, 1.165) is 6.42 Å². The normalized spacial score (nSPS) is 21.3. The number of nitrogens with one attached hydrogen (secondary N) is 1. The van der Waals surface area contributed by atoms with Crippen molar-refractivity contribution in [3.8, 4) is 33.5 Å². The Hall–Kier alpha value is -6.38. The van der Waals surface area contributed by atoms with Gasteiger partial charge in [-0.1, -0.05) is 158 Å². The van der Waals surface area contributed by atoms with E-state index < -0.39 is 0 Å². The van der Waals surface area contributed by atoms with Crippen LogP contribution in [0.2, 0.25) is 0 Å². The predicted octanol–water partition coefficient (Wildman–Crippen LogP) is 13.8. The molecule has 0 fully saturated rings. The van der Waals surface area contributed by atoms with Crippen molar-refractivity contribution in [3.05, 3.63) is 215 Å². The maximum Gasteiger partial charge on any atom is 0.126 e. The molecule has 1 N–H and O–H groups in total. The zero-order valence-corrected chi connectivity index (χ0v) is 32.1. The summed E-state index contributed by atoms with van der Waals surface area (Å²) in [5.74, 6) is 0.617. The summed E-state index contributed by atoms with van der Waals surface area (Å²) in [6, 6.07) is 52.6. The lowest BCUT2D eigenvalue weighted by atomic mass is 9.65. The maximum atomic E-state index is 3.90. The van der Waals surface area contributed by atoms with Gasteiger partial charge in [-0.15, -0.1) is 0 Å². The largest absolute Gasteiger partial charge is 0.361 e. The quantitative estimate of drug-likeness (QED) is 0.175. The minimum absolute atomic E-state index is 0.00716. The van der Waals surface area contributed by atoms with Crippen molar-refractivity contribution in [2.75, 3.05) is 5.32 Å². The molecule has 2 heteroatoms. The topological polar surface area (TPSA) is 17.0 Å². The Morgan fingerprint density at radius 2 is 1.41 bits per heavy atom. The monoisotopic (exact) mass is 720 g/mol. The van der Waals surface area contributed by atoms with Gasteiger partial charge < -0.3 is 9.88 Å². The summed E-state index contributed by atoms with van der Waals surface area (Å²) in [6.45, 7) is 6.73. The highest BCUT2D eigenvalue weighted by molar-refractivity contribution is 5.93. The molecule has 1 spiro atoms. The highest BCUT2D eigenvalue weighted by Gasteiger charge is 2.57. The lowest BCUT2D eigenvalue weighted by molar-refractivity contribution is 0.465. The fourth-order valence-corrected chi connectivity index (χ4v) is 10.5. The van der Waals surface area contributed by atoms with Gasteiger partial charge in [0, 0.05) is 28.5 Å². The Bertz CT molecular complexity index is 2860. The summed E-state index contributed by atoms with van der Waals surface area (Å²) in [4.78, 5) is 0. The molecule has 1 aliphatic heterocycles. The summed E-state index contributed by atoms with van der Waals surface area (Å²) in [5, 5.41) is 5.16. The molecule has 0 bridgehead atoms. The molecule has 2 nitrogen and oxygen atoms in total. The van der Waals surface area contributed by atoms with E-state index >= 15 is 0 Å². The summed E-state index contributed by atoms with van der Waals surface area (Å²) < 4.78 is 2.48. The number of para-hydroxylation sites is 2. The zero-order chi connectivity index (χ0) is 37.5. The number of aromatic nitrogens is 1. The van der Waals surface area contributed by atoms with Crippen molar-refractivity contribution in [3.63, 3.8) is 0 Å². The molecule has 0 saturated carbocycles. The van der Waals surface area contributed by atoms with Crippen LogP contribution in [0, 0.1) is 12.8 Å². The highest BCUT2D eigenvalue weighted by atomic mass is 15.2. The molecular weight excluding hydrogens is 677 g/mol. The van der Waals surface area contributed by atoms with Gasteiger partial charge in [0.15, 0.2) is 0 Å². The number of anilines is 1. The van der Waals surface area contributed by atoms with Gasteiger partial charge in [0.1, 0.15) is 6.17 Å². The molecule has 270 valence electrons. The van der Waals surface area contributed by atoms with Gasteiger partial charge in [0.05, 0.1) is 16.6 Å². The van der Waals surface area contributed by atoms with Crippen LogP contribution in [0.3, 0.4) is 0 Å². The third kappa shape index (κ3) is 4.69. The number of allylic oxidation sites excluding steroid dienone is 7. The first-order valence-corrected chi connectivity index (χ1v) is 20.2. The Kier molecular flexibility index (Phi) is 7.41. The summed E-state index contributed by atoms with van der Waals surface area (Å²) in [6.07, 6.45) is 15.1. The summed E-state index contributed by atoms with van der Waals surface area (Å²) in [7, 11) is 0. The first-order chi connectivity index (χ1) is 27.5. The fourth-order valence-electron chi connectivity index (χ4n) is 10.5. The van der Waals surface area contributed by atoms with E-state index in [1.807, 2.05) is 0 Å². The molecule has 11 rings (SSSR count). The molecule has 6 aromatic carbocycles. The second-order valence-corrected chi connectivity index (χ2v) is 16.1. The van der Waals surface area contributed by atoms with Gasteiger partial charge in [0.2, 0.25) is 0 Å². The standard InChI is InChI=1S/C54H44N2/c1-4-36(26-23-35(3)53-55-50-19-11-8-16-45(50)52-33-40-13-5-12-20-51(40)56(52)53)38-27-29-43-44-30-28-39(37-24-21-34(2)22-25-37)32-49(44)54(48(43)31-38)46-17-9-6-14-41(46)42-15-7-10-18-47(42)54/h5-33,41,46,53,55H,4H2,1-3H3/b35-23+,36-26+. The Morgan fingerprint density at radius 3 is 2.29 bits per heavy atom. The maximum absolute atomic E-state index is 3.90. The minimum Gasteiger partial charge on any atom is -0.361 e. The average Bonchev–Trinajstić information content (AvgIpc) is 3.88. The van der Waals surface area contributed by atoms with E-state index in [0.29, 0.717) is 5.92 Å². The number of rotatable bonds is 5. The third-order valence-corrected chi connectivity index (χ3v) is 13.2. The second kappa shape index (κ2) is 12.6. The van der Waals surface area contributed by atoms with Crippen LogP contribution in [-0.2, 0) is 5.41 Å². The van der Waals surface area contributed by atoms with Gasteiger partial charge in [-0.3, -0.25) is 0 Å². The lowest BCUT2D eigenvalue weighted by Crippen LogP contribution is -2.33. The van der Waals surface area contributed by atoms with E-state index in [2.05, 4.69) is 207 Å². The van der Waals surface area contributed by atoms with Crippen LogP contribution >= 0.6 is 0 Å². The molecule has 7 aromatic rings. The summed E-state index contributed by atoms with van der Waals surface area (Å²) >= 11 is 0. The smallest absolute Gasteiger partial charge is 0.126 e. The molecule has 4 aliphatic rings. The van der Waals surface area contributed by atoms with E-state index in [-0.39, 0.29) is 17.5 Å². The van der Waals surface area contributed by atoms with Crippen LogP contribution in [0.1, 0.15) is 65.7 Å². The average molecular weight is 721 g/mol.